The van der Waals surface area contributed by atoms with Crippen LogP contribution in [0.5, 0.6) is 0 Å². The molecule has 6 nitrogen and oxygen atoms in total. The molecule has 2 aromatic rings. The van der Waals surface area contributed by atoms with E-state index in [0.717, 1.165) is 41.7 Å². The summed E-state index contributed by atoms with van der Waals surface area (Å²) < 4.78 is 7.31. The van der Waals surface area contributed by atoms with Gasteiger partial charge in [-0.25, -0.2) is 4.98 Å². The Morgan fingerprint density at radius 2 is 2.04 bits per heavy atom. The number of nitrogens with zero attached hydrogens (tertiary/aromatic N) is 2. The van der Waals surface area contributed by atoms with Crippen molar-refractivity contribution >= 4 is 35.8 Å². The van der Waals surface area contributed by atoms with Crippen LogP contribution in [0.15, 0.2) is 46.7 Å². The molecule has 8 heteroatoms. The molecule has 0 unspecified atom stereocenters. The van der Waals surface area contributed by atoms with E-state index in [9.17, 15) is 4.79 Å². The normalized spacial score (nSPS) is 15.9. The van der Waals surface area contributed by atoms with Gasteiger partial charge >= 0.3 is 0 Å². The average molecular weight is 397 g/mol. The molecule has 1 amide bonds. The number of ether oxygens (including phenoxy) is 1. The number of rotatable bonds is 6. The summed E-state index contributed by atoms with van der Waals surface area (Å²) in [6.07, 6.45) is 5.29. The van der Waals surface area contributed by atoms with E-state index in [1.54, 1.807) is 25.1 Å². The Morgan fingerprint density at radius 1 is 1.35 bits per heavy atom. The van der Waals surface area contributed by atoms with Gasteiger partial charge in [0.25, 0.3) is 0 Å². The zero-order chi connectivity index (χ0) is 17.7. The summed E-state index contributed by atoms with van der Waals surface area (Å²) in [6, 6.07) is 7.87. The topological polar surface area (TPSA) is 68.2 Å². The molecule has 1 saturated heterocycles. The van der Waals surface area contributed by atoms with E-state index in [-0.39, 0.29) is 18.3 Å². The van der Waals surface area contributed by atoms with E-state index >= 15 is 0 Å². The maximum Gasteiger partial charge on any atom is 0.233 e. The van der Waals surface area contributed by atoms with Crippen molar-refractivity contribution in [2.24, 2.45) is 12.5 Å². The van der Waals surface area contributed by atoms with Crippen molar-refractivity contribution in [3.05, 3.63) is 36.7 Å². The van der Waals surface area contributed by atoms with Crippen molar-refractivity contribution in [1.82, 2.24) is 14.9 Å². The number of imidazole rings is 1. The summed E-state index contributed by atoms with van der Waals surface area (Å²) in [6.45, 7) is 2.14. The van der Waals surface area contributed by atoms with Crippen LogP contribution in [0, 0.1) is 5.41 Å². The SMILES string of the molecule is COCC1(C(=O)Nc2ccc(Sc3nccn3C)cc2)CCNCC1.Cl. The fourth-order valence-corrected chi connectivity index (χ4v) is 3.85. The van der Waals surface area contributed by atoms with Gasteiger partial charge in [-0.05, 0) is 50.2 Å². The highest BCUT2D eigenvalue weighted by molar-refractivity contribution is 7.99. The smallest absolute Gasteiger partial charge is 0.233 e. The number of nitrogens with one attached hydrogen (secondary N) is 2. The molecule has 0 radical (unpaired) electrons. The van der Waals surface area contributed by atoms with Crippen LogP contribution in [0.25, 0.3) is 0 Å². The molecular weight excluding hydrogens is 372 g/mol. The lowest BCUT2D eigenvalue weighted by Gasteiger charge is -2.35. The number of halogens is 1. The number of aromatic nitrogens is 2. The highest BCUT2D eigenvalue weighted by Crippen LogP contribution is 2.32. The van der Waals surface area contributed by atoms with E-state index in [1.807, 2.05) is 42.1 Å². The summed E-state index contributed by atoms with van der Waals surface area (Å²) in [4.78, 5) is 18.2. The Bertz CT molecular complexity index is 709. The van der Waals surface area contributed by atoms with Crippen molar-refractivity contribution < 1.29 is 9.53 Å². The lowest BCUT2D eigenvalue weighted by atomic mass is 9.78. The number of benzene rings is 1. The minimum absolute atomic E-state index is 0. The molecule has 1 aromatic heterocycles. The molecule has 1 aliphatic rings. The first-order valence-corrected chi connectivity index (χ1v) is 9.21. The third-order valence-corrected chi connectivity index (χ3v) is 5.65. The van der Waals surface area contributed by atoms with Crippen LogP contribution in [-0.4, -0.2) is 42.3 Å². The maximum absolute atomic E-state index is 12.8. The van der Waals surface area contributed by atoms with Crippen molar-refractivity contribution in [3.8, 4) is 0 Å². The van der Waals surface area contributed by atoms with Gasteiger partial charge < -0.3 is 19.9 Å². The number of aryl methyl sites for hydroxylation is 1. The summed E-state index contributed by atoms with van der Waals surface area (Å²) in [5, 5.41) is 7.30. The number of piperidine rings is 1. The second-order valence-electron chi connectivity index (χ2n) is 6.36. The molecule has 1 aliphatic heterocycles. The Kier molecular flexibility index (Phi) is 7.52. The van der Waals surface area contributed by atoms with Crippen LogP contribution in [-0.2, 0) is 16.6 Å². The fourth-order valence-electron chi connectivity index (χ4n) is 3.04. The zero-order valence-electron chi connectivity index (χ0n) is 15.0. The Hall–Kier alpha value is -1.54. The van der Waals surface area contributed by atoms with Gasteiger partial charge in [-0.15, -0.1) is 12.4 Å². The maximum atomic E-state index is 12.8. The Labute approximate surface area is 164 Å². The molecule has 3 rings (SSSR count). The predicted molar refractivity (Wildman–Crippen MR) is 106 cm³/mol. The minimum atomic E-state index is -0.444. The monoisotopic (exact) mass is 396 g/mol. The molecule has 0 bridgehead atoms. The van der Waals surface area contributed by atoms with Gasteiger partial charge in [-0.3, -0.25) is 4.79 Å². The number of hydrogen-bond acceptors (Lipinski definition) is 5. The molecule has 0 atom stereocenters. The number of carbonyl (C=O) groups is 1. The van der Waals surface area contributed by atoms with Crippen LogP contribution in [0.4, 0.5) is 5.69 Å². The van der Waals surface area contributed by atoms with Gasteiger partial charge in [0.15, 0.2) is 5.16 Å². The van der Waals surface area contributed by atoms with E-state index in [1.165, 1.54) is 0 Å². The lowest BCUT2D eigenvalue weighted by Crippen LogP contribution is -2.47. The van der Waals surface area contributed by atoms with E-state index in [2.05, 4.69) is 15.6 Å². The minimum Gasteiger partial charge on any atom is -0.384 e. The molecule has 1 aromatic carbocycles. The third-order valence-electron chi connectivity index (χ3n) is 4.56. The van der Waals surface area contributed by atoms with Gasteiger partial charge in [-0.1, -0.05) is 11.8 Å². The second kappa shape index (κ2) is 9.41. The highest BCUT2D eigenvalue weighted by atomic mass is 35.5. The van der Waals surface area contributed by atoms with Crippen LogP contribution < -0.4 is 10.6 Å². The molecule has 0 saturated carbocycles. The van der Waals surface area contributed by atoms with E-state index < -0.39 is 5.41 Å². The zero-order valence-corrected chi connectivity index (χ0v) is 16.7. The number of carbonyl (C=O) groups excluding carboxylic acids is 1. The quantitative estimate of drug-likeness (QED) is 0.785. The molecule has 0 aliphatic carbocycles. The van der Waals surface area contributed by atoms with E-state index in [0.29, 0.717) is 6.61 Å². The molecule has 1 fully saturated rings. The summed E-state index contributed by atoms with van der Waals surface area (Å²) in [5.74, 6) is 0.0420. The van der Waals surface area contributed by atoms with Gasteiger partial charge in [0, 0.05) is 37.1 Å². The van der Waals surface area contributed by atoms with Crippen LogP contribution in [0.1, 0.15) is 12.8 Å². The number of hydrogen-bond donors (Lipinski definition) is 2. The Morgan fingerprint density at radius 3 is 2.62 bits per heavy atom. The van der Waals surface area contributed by atoms with Gasteiger partial charge in [-0.2, -0.15) is 0 Å². The number of methoxy groups -OCH3 is 1. The second-order valence-corrected chi connectivity index (χ2v) is 7.41. The molecule has 142 valence electrons. The predicted octanol–water partition coefficient (Wildman–Crippen LogP) is 2.95. The van der Waals surface area contributed by atoms with Crippen molar-refractivity contribution in [3.63, 3.8) is 0 Å². The summed E-state index contributed by atoms with van der Waals surface area (Å²) in [7, 11) is 3.62. The van der Waals surface area contributed by atoms with Gasteiger partial charge in [0.2, 0.25) is 5.91 Å². The van der Waals surface area contributed by atoms with E-state index in [4.69, 9.17) is 4.74 Å². The average Bonchev–Trinajstić information content (AvgIpc) is 3.02. The van der Waals surface area contributed by atoms with Crippen molar-refractivity contribution in [2.75, 3.05) is 32.1 Å². The van der Waals surface area contributed by atoms with Crippen LogP contribution in [0.3, 0.4) is 0 Å². The van der Waals surface area contributed by atoms with Crippen LogP contribution >= 0.6 is 24.2 Å². The first kappa shape index (κ1) is 20.8. The molecule has 2 N–H and O–H groups in total. The van der Waals surface area contributed by atoms with Gasteiger partial charge in [0.1, 0.15) is 0 Å². The third kappa shape index (κ3) is 4.79. The molecule has 2 heterocycles. The Balaban J connectivity index is 0.00000243. The first-order chi connectivity index (χ1) is 12.1. The molecule has 26 heavy (non-hydrogen) atoms. The summed E-state index contributed by atoms with van der Waals surface area (Å²) >= 11 is 1.59. The number of amides is 1. The summed E-state index contributed by atoms with van der Waals surface area (Å²) in [5.41, 5.74) is 0.364. The standard InChI is InChI=1S/C18H24N4O2S.ClH/c1-22-12-11-20-17(22)25-15-5-3-14(4-6-15)21-16(23)18(13-24-2)7-9-19-10-8-18;/h3-6,11-12,19H,7-10,13H2,1-2H3,(H,21,23);1H. The van der Waals surface area contributed by atoms with Crippen LogP contribution in [0.2, 0.25) is 0 Å². The van der Waals surface area contributed by atoms with Gasteiger partial charge in [0.05, 0.1) is 12.0 Å². The fraction of sp³-hybridized carbons (Fsp3) is 0.444. The highest BCUT2D eigenvalue weighted by Gasteiger charge is 2.39. The van der Waals surface area contributed by atoms with Crippen molar-refractivity contribution in [2.45, 2.75) is 22.9 Å². The number of anilines is 1. The largest absolute Gasteiger partial charge is 0.384 e. The van der Waals surface area contributed by atoms with Crippen molar-refractivity contribution in [1.29, 1.82) is 0 Å². The lowest BCUT2D eigenvalue weighted by molar-refractivity contribution is -0.130. The molecule has 0 spiro atoms. The molecular formula is C18H25ClN4O2S. The first-order valence-electron chi connectivity index (χ1n) is 8.39.